The van der Waals surface area contributed by atoms with Crippen molar-refractivity contribution in [2.45, 2.75) is 18.9 Å². The highest BCUT2D eigenvalue weighted by Gasteiger charge is 2.29. The van der Waals surface area contributed by atoms with E-state index >= 15 is 0 Å². The molecule has 2 N–H and O–H groups in total. The number of methoxy groups -OCH3 is 3. The average Bonchev–Trinajstić information content (AvgIpc) is 3.22. The lowest BCUT2D eigenvalue weighted by molar-refractivity contribution is 0.356. The lowest BCUT2D eigenvalue weighted by atomic mass is 10.0. The first kappa shape index (κ1) is 18.2. The second kappa shape index (κ2) is 7.42. The van der Waals surface area contributed by atoms with Crippen LogP contribution in [-0.4, -0.2) is 37.8 Å². The van der Waals surface area contributed by atoms with Crippen LogP contribution in [0.15, 0.2) is 36.4 Å². The van der Waals surface area contributed by atoms with Crippen molar-refractivity contribution < 1.29 is 14.2 Å². The Hall–Kier alpha value is -3.22. The van der Waals surface area contributed by atoms with E-state index in [1.54, 1.807) is 21.3 Å². The molecular weight excluding hydrogens is 356 g/mol. The molecule has 0 radical (unpaired) electrons. The van der Waals surface area contributed by atoms with Crippen LogP contribution in [0.3, 0.4) is 0 Å². The number of nitrogen functional groups attached to an aromatic ring is 1. The van der Waals surface area contributed by atoms with E-state index in [9.17, 15) is 0 Å². The van der Waals surface area contributed by atoms with Gasteiger partial charge >= 0.3 is 0 Å². The summed E-state index contributed by atoms with van der Waals surface area (Å²) >= 11 is 0. The molecule has 1 fully saturated rings. The van der Waals surface area contributed by atoms with Crippen molar-refractivity contribution in [3.63, 3.8) is 0 Å². The fraction of sp³-hybridized carbons (Fsp3) is 0.333. The fourth-order valence-electron chi connectivity index (χ4n) is 3.80. The maximum Gasteiger partial charge on any atom is 0.228 e. The van der Waals surface area contributed by atoms with E-state index in [1.165, 1.54) is 5.56 Å². The highest BCUT2D eigenvalue weighted by molar-refractivity contribution is 5.91. The third-order valence-corrected chi connectivity index (χ3v) is 5.21. The molecule has 146 valence electrons. The molecule has 0 aliphatic carbocycles. The molecular formula is C21H24N4O3. The maximum atomic E-state index is 6.28. The molecule has 0 amide bonds. The van der Waals surface area contributed by atoms with Crippen molar-refractivity contribution in [3.05, 3.63) is 42.0 Å². The summed E-state index contributed by atoms with van der Waals surface area (Å²) in [5.74, 6) is 3.12. The second-order valence-corrected chi connectivity index (χ2v) is 6.76. The van der Waals surface area contributed by atoms with Gasteiger partial charge in [0.1, 0.15) is 11.6 Å². The Labute approximate surface area is 164 Å². The number of nitrogens with zero attached hydrogens (tertiary/aromatic N) is 3. The first-order chi connectivity index (χ1) is 13.6. The van der Waals surface area contributed by atoms with Gasteiger partial charge in [-0.25, -0.2) is 4.98 Å². The molecule has 0 bridgehead atoms. The molecule has 1 aliphatic heterocycles. The quantitative estimate of drug-likeness (QED) is 0.724. The maximum absolute atomic E-state index is 6.28. The third-order valence-electron chi connectivity index (χ3n) is 5.21. The largest absolute Gasteiger partial charge is 0.497 e. The normalized spacial score (nSPS) is 16.4. The van der Waals surface area contributed by atoms with Gasteiger partial charge < -0.3 is 24.8 Å². The molecule has 3 aromatic rings. The summed E-state index contributed by atoms with van der Waals surface area (Å²) in [6.45, 7) is 0.875. The van der Waals surface area contributed by atoms with Crippen molar-refractivity contribution >= 4 is 22.7 Å². The summed E-state index contributed by atoms with van der Waals surface area (Å²) in [6.07, 6.45) is 2.09. The van der Waals surface area contributed by atoms with Crippen LogP contribution in [0.2, 0.25) is 0 Å². The lowest BCUT2D eigenvalue weighted by Gasteiger charge is -2.26. The molecule has 0 spiro atoms. The fourth-order valence-corrected chi connectivity index (χ4v) is 3.80. The van der Waals surface area contributed by atoms with Crippen molar-refractivity contribution in [2.24, 2.45) is 0 Å². The number of ether oxygens (including phenoxy) is 3. The van der Waals surface area contributed by atoms with Crippen LogP contribution in [0, 0.1) is 0 Å². The van der Waals surface area contributed by atoms with Gasteiger partial charge in [0.25, 0.3) is 0 Å². The number of benzene rings is 2. The molecule has 1 unspecified atom stereocenters. The number of hydrogen-bond donors (Lipinski definition) is 1. The van der Waals surface area contributed by atoms with E-state index in [0.29, 0.717) is 23.3 Å². The van der Waals surface area contributed by atoms with Gasteiger partial charge in [-0.3, -0.25) is 0 Å². The molecule has 2 heterocycles. The van der Waals surface area contributed by atoms with Gasteiger partial charge in [-0.05, 0) is 36.6 Å². The number of hydrogen-bond acceptors (Lipinski definition) is 7. The van der Waals surface area contributed by atoms with Crippen LogP contribution >= 0.6 is 0 Å². The molecule has 1 aliphatic rings. The van der Waals surface area contributed by atoms with Gasteiger partial charge in [0.2, 0.25) is 5.95 Å². The number of aromatic nitrogens is 2. The Kier molecular flexibility index (Phi) is 4.81. The van der Waals surface area contributed by atoms with Crippen molar-refractivity contribution in [3.8, 4) is 17.2 Å². The van der Waals surface area contributed by atoms with Crippen molar-refractivity contribution in [1.29, 1.82) is 0 Å². The Balaban J connectivity index is 1.77. The Morgan fingerprint density at radius 2 is 1.79 bits per heavy atom. The topological polar surface area (TPSA) is 82.7 Å². The molecule has 0 saturated carbocycles. The van der Waals surface area contributed by atoms with Gasteiger partial charge in [-0.1, -0.05) is 12.1 Å². The molecule has 7 nitrogen and oxygen atoms in total. The minimum atomic E-state index is 0.187. The van der Waals surface area contributed by atoms with Crippen molar-refractivity contribution in [2.75, 3.05) is 38.5 Å². The smallest absolute Gasteiger partial charge is 0.228 e. The molecule has 7 heteroatoms. The van der Waals surface area contributed by atoms with Crippen LogP contribution < -0.4 is 24.8 Å². The number of anilines is 2. The summed E-state index contributed by atoms with van der Waals surface area (Å²) in [4.78, 5) is 11.6. The summed E-state index contributed by atoms with van der Waals surface area (Å²) in [5.41, 5.74) is 8.19. The Bertz CT molecular complexity index is 1010. The first-order valence-corrected chi connectivity index (χ1v) is 9.24. The molecule has 2 aromatic carbocycles. The second-order valence-electron chi connectivity index (χ2n) is 6.76. The minimum Gasteiger partial charge on any atom is -0.497 e. The number of rotatable bonds is 5. The zero-order valence-corrected chi connectivity index (χ0v) is 16.3. The van der Waals surface area contributed by atoms with Gasteiger partial charge in [-0.2, -0.15) is 4.98 Å². The zero-order chi connectivity index (χ0) is 19.7. The summed E-state index contributed by atoms with van der Waals surface area (Å²) < 4.78 is 16.2. The summed E-state index contributed by atoms with van der Waals surface area (Å²) in [6, 6.07) is 12.0. The molecule has 1 aromatic heterocycles. The predicted molar refractivity (Wildman–Crippen MR) is 109 cm³/mol. The van der Waals surface area contributed by atoms with Crippen LogP contribution in [-0.2, 0) is 0 Å². The van der Waals surface area contributed by atoms with Crippen LogP contribution in [0.4, 0.5) is 11.8 Å². The van der Waals surface area contributed by atoms with E-state index < -0.39 is 0 Å². The van der Waals surface area contributed by atoms with E-state index in [2.05, 4.69) is 22.0 Å². The predicted octanol–water partition coefficient (Wildman–Crippen LogP) is 3.58. The summed E-state index contributed by atoms with van der Waals surface area (Å²) in [7, 11) is 4.88. The average molecular weight is 380 g/mol. The lowest BCUT2D eigenvalue weighted by Crippen LogP contribution is -2.25. The highest BCUT2D eigenvalue weighted by Crippen LogP contribution is 2.38. The highest BCUT2D eigenvalue weighted by atomic mass is 16.5. The standard InChI is InChI=1S/C21H24N4O3/c1-26-14-7-4-6-13(10-14)17-8-5-9-25(17)21-23-16-12-19(28-3)18(27-2)11-15(16)20(22)24-21/h4,6-7,10-12,17H,5,8-9H2,1-3H3,(H2,22,23,24). The van der Waals surface area contributed by atoms with Gasteiger partial charge in [-0.15, -0.1) is 0 Å². The van der Waals surface area contributed by atoms with Crippen LogP contribution in [0.25, 0.3) is 10.9 Å². The number of nitrogens with two attached hydrogens (primary N) is 1. The Morgan fingerprint density at radius 1 is 1.00 bits per heavy atom. The molecule has 1 saturated heterocycles. The van der Waals surface area contributed by atoms with E-state index in [-0.39, 0.29) is 6.04 Å². The van der Waals surface area contributed by atoms with Gasteiger partial charge in [0, 0.05) is 18.0 Å². The minimum absolute atomic E-state index is 0.187. The van der Waals surface area contributed by atoms with Gasteiger partial charge in [0.05, 0.1) is 32.9 Å². The van der Waals surface area contributed by atoms with E-state index in [4.69, 9.17) is 24.9 Å². The zero-order valence-electron chi connectivity index (χ0n) is 16.3. The SMILES string of the molecule is COc1cccc(C2CCCN2c2nc(N)c3cc(OC)c(OC)cc3n2)c1. The molecule has 4 rings (SSSR count). The van der Waals surface area contributed by atoms with Crippen LogP contribution in [0.1, 0.15) is 24.4 Å². The van der Waals surface area contributed by atoms with E-state index in [0.717, 1.165) is 36.0 Å². The van der Waals surface area contributed by atoms with Crippen molar-refractivity contribution in [1.82, 2.24) is 9.97 Å². The summed E-state index contributed by atoms with van der Waals surface area (Å²) in [5, 5.41) is 0.749. The van der Waals surface area contributed by atoms with Crippen LogP contribution in [0.5, 0.6) is 17.2 Å². The number of fused-ring (bicyclic) bond motifs is 1. The monoisotopic (exact) mass is 380 g/mol. The molecule has 28 heavy (non-hydrogen) atoms. The van der Waals surface area contributed by atoms with E-state index in [1.807, 2.05) is 24.3 Å². The first-order valence-electron chi connectivity index (χ1n) is 9.24. The molecule has 1 atom stereocenters. The van der Waals surface area contributed by atoms with Gasteiger partial charge in [0.15, 0.2) is 11.5 Å². The Morgan fingerprint density at radius 3 is 2.54 bits per heavy atom. The third kappa shape index (κ3) is 3.13.